The summed E-state index contributed by atoms with van der Waals surface area (Å²) in [6, 6.07) is 8.65. The van der Waals surface area contributed by atoms with Gasteiger partial charge < -0.3 is 20.5 Å². The fraction of sp³-hybridized carbons (Fsp3) is 0.429. The van der Waals surface area contributed by atoms with Crippen LogP contribution in [0.2, 0.25) is 0 Å². The second-order valence-electron chi connectivity index (χ2n) is 4.68. The van der Waals surface area contributed by atoms with E-state index in [9.17, 15) is 14.7 Å². The highest BCUT2D eigenvalue weighted by Gasteiger charge is 2.33. The van der Waals surface area contributed by atoms with E-state index in [-0.39, 0.29) is 18.2 Å². The van der Waals surface area contributed by atoms with Gasteiger partial charge in [-0.25, -0.2) is 0 Å². The number of carbonyl (C=O) groups is 2. The Bertz CT molecular complexity index is 497. The molecule has 0 saturated carbocycles. The Morgan fingerprint density at radius 1 is 1.52 bits per heavy atom. The highest BCUT2D eigenvalue weighted by molar-refractivity contribution is 8.00. The fourth-order valence-electron chi connectivity index (χ4n) is 1.98. The number of anilines is 1. The van der Waals surface area contributed by atoms with Crippen LogP contribution in [-0.4, -0.2) is 47.4 Å². The molecule has 6 nitrogen and oxygen atoms in total. The number of amides is 2. The summed E-state index contributed by atoms with van der Waals surface area (Å²) < 4.78 is 4.78. The molecule has 7 heteroatoms. The van der Waals surface area contributed by atoms with Crippen LogP contribution in [0.4, 0.5) is 5.69 Å². The zero-order valence-electron chi connectivity index (χ0n) is 11.6. The minimum absolute atomic E-state index is 0.0984. The fourth-order valence-corrected chi connectivity index (χ4v) is 3.16. The molecule has 114 valence electrons. The first kappa shape index (κ1) is 15.8. The predicted octanol–water partition coefficient (Wildman–Crippen LogP) is 0.580. The van der Waals surface area contributed by atoms with Crippen LogP contribution in [0.15, 0.2) is 30.3 Å². The van der Waals surface area contributed by atoms with E-state index < -0.39 is 17.6 Å². The molecule has 3 unspecified atom stereocenters. The van der Waals surface area contributed by atoms with Crippen LogP contribution in [0.3, 0.4) is 0 Å². The number of carbonyl (C=O) groups excluding carboxylic acids is 2. The zero-order chi connectivity index (χ0) is 15.2. The van der Waals surface area contributed by atoms with Gasteiger partial charge in [0.15, 0.2) is 6.29 Å². The second-order valence-corrected chi connectivity index (χ2v) is 5.92. The lowest BCUT2D eigenvalue weighted by Gasteiger charge is -2.30. The lowest BCUT2D eigenvalue weighted by molar-refractivity contribution is -0.130. The summed E-state index contributed by atoms with van der Waals surface area (Å²) in [7, 11) is 1.38. The van der Waals surface area contributed by atoms with Crippen LogP contribution in [-0.2, 0) is 14.3 Å². The molecule has 1 saturated heterocycles. The Labute approximate surface area is 127 Å². The van der Waals surface area contributed by atoms with Crippen molar-refractivity contribution >= 4 is 29.3 Å². The van der Waals surface area contributed by atoms with Gasteiger partial charge in [-0.3, -0.25) is 9.59 Å². The van der Waals surface area contributed by atoms with Crippen LogP contribution in [0, 0.1) is 0 Å². The molecule has 21 heavy (non-hydrogen) atoms. The minimum Gasteiger partial charge on any atom is -0.366 e. The first-order valence-corrected chi connectivity index (χ1v) is 7.62. The van der Waals surface area contributed by atoms with E-state index in [1.165, 1.54) is 18.9 Å². The Balaban J connectivity index is 1.84. The van der Waals surface area contributed by atoms with E-state index in [4.69, 9.17) is 4.74 Å². The molecule has 2 rings (SSSR count). The SMILES string of the molecule is COC(O)C1CSC(CC(=O)Nc2ccccc2)C(=O)N1. The molecule has 1 fully saturated rings. The van der Waals surface area contributed by atoms with Gasteiger partial charge in [0, 0.05) is 25.0 Å². The molecular weight excluding hydrogens is 292 g/mol. The van der Waals surface area contributed by atoms with Crippen molar-refractivity contribution < 1.29 is 19.4 Å². The summed E-state index contributed by atoms with van der Waals surface area (Å²) in [5.41, 5.74) is 0.705. The van der Waals surface area contributed by atoms with E-state index in [1.807, 2.05) is 18.2 Å². The number of ether oxygens (including phenoxy) is 1. The topological polar surface area (TPSA) is 87.7 Å². The van der Waals surface area contributed by atoms with Crippen LogP contribution >= 0.6 is 11.8 Å². The number of rotatable bonds is 5. The maximum atomic E-state index is 11.9. The largest absolute Gasteiger partial charge is 0.366 e. The number of hydrogen-bond donors (Lipinski definition) is 3. The molecule has 0 aromatic heterocycles. The van der Waals surface area contributed by atoms with Crippen molar-refractivity contribution in [2.45, 2.75) is 24.0 Å². The highest BCUT2D eigenvalue weighted by atomic mass is 32.2. The lowest BCUT2D eigenvalue weighted by Crippen LogP contribution is -2.53. The van der Waals surface area contributed by atoms with Crippen LogP contribution in [0.1, 0.15) is 6.42 Å². The maximum Gasteiger partial charge on any atom is 0.234 e. The minimum atomic E-state index is -1.03. The third-order valence-corrected chi connectivity index (χ3v) is 4.45. The van der Waals surface area contributed by atoms with Crippen molar-refractivity contribution in [2.24, 2.45) is 0 Å². The average molecular weight is 310 g/mol. The van der Waals surface area contributed by atoms with Gasteiger partial charge in [0.25, 0.3) is 0 Å². The van der Waals surface area contributed by atoms with Gasteiger partial charge in [0.05, 0.1) is 11.3 Å². The number of hydrogen-bond acceptors (Lipinski definition) is 5. The Morgan fingerprint density at radius 3 is 2.86 bits per heavy atom. The number of para-hydroxylation sites is 1. The number of aliphatic hydroxyl groups is 1. The quantitative estimate of drug-likeness (QED) is 0.693. The molecule has 1 aliphatic rings. The van der Waals surface area contributed by atoms with Crippen molar-refractivity contribution in [1.29, 1.82) is 0 Å². The number of aliphatic hydroxyl groups excluding tert-OH is 1. The van der Waals surface area contributed by atoms with Gasteiger partial charge in [-0.05, 0) is 12.1 Å². The van der Waals surface area contributed by atoms with E-state index in [0.29, 0.717) is 11.4 Å². The molecule has 3 N–H and O–H groups in total. The zero-order valence-corrected chi connectivity index (χ0v) is 12.4. The van der Waals surface area contributed by atoms with Crippen LogP contribution in [0.25, 0.3) is 0 Å². The summed E-state index contributed by atoms with van der Waals surface area (Å²) in [6.07, 6.45) is -0.929. The van der Waals surface area contributed by atoms with E-state index >= 15 is 0 Å². The van der Waals surface area contributed by atoms with Crippen molar-refractivity contribution in [2.75, 3.05) is 18.2 Å². The molecule has 1 heterocycles. The molecular formula is C14H18N2O4S. The highest BCUT2D eigenvalue weighted by Crippen LogP contribution is 2.23. The molecule has 0 aliphatic carbocycles. The Morgan fingerprint density at radius 2 is 2.24 bits per heavy atom. The maximum absolute atomic E-state index is 11.9. The molecule has 1 aromatic rings. The first-order valence-electron chi connectivity index (χ1n) is 6.58. The second kappa shape index (κ2) is 7.44. The van der Waals surface area contributed by atoms with Crippen molar-refractivity contribution in [1.82, 2.24) is 5.32 Å². The van der Waals surface area contributed by atoms with Crippen LogP contribution in [0.5, 0.6) is 0 Å². The normalized spacial score (nSPS) is 23.2. The number of thioether (sulfide) groups is 1. The predicted molar refractivity (Wildman–Crippen MR) is 80.9 cm³/mol. The van der Waals surface area contributed by atoms with E-state index in [0.717, 1.165) is 0 Å². The number of nitrogens with one attached hydrogen (secondary N) is 2. The molecule has 0 bridgehead atoms. The van der Waals surface area contributed by atoms with Gasteiger partial charge in [-0.1, -0.05) is 18.2 Å². The van der Waals surface area contributed by atoms with Crippen molar-refractivity contribution in [3.05, 3.63) is 30.3 Å². The molecule has 1 aromatic carbocycles. The standard InChI is InChI=1S/C14H18N2O4S/c1-20-14(19)10-8-21-11(13(18)16-10)7-12(17)15-9-5-3-2-4-6-9/h2-6,10-11,14,19H,7-8H2,1H3,(H,15,17)(H,16,18). The molecule has 2 amide bonds. The first-order chi connectivity index (χ1) is 10.1. The van der Waals surface area contributed by atoms with Gasteiger partial charge in [-0.2, -0.15) is 0 Å². The number of benzene rings is 1. The van der Waals surface area contributed by atoms with E-state index in [2.05, 4.69) is 10.6 Å². The molecule has 1 aliphatic heterocycles. The van der Waals surface area contributed by atoms with Crippen molar-refractivity contribution in [3.8, 4) is 0 Å². The van der Waals surface area contributed by atoms with Gasteiger partial charge >= 0.3 is 0 Å². The molecule has 3 atom stereocenters. The molecule has 0 radical (unpaired) electrons. The third kappa shape index (κ3) is 4.45. The van der Waals surface area contributed by atoms with Gasteiger partial charge in [-0.15, -0.1) is 11.8 Å². The van der Waals surface area contributed by atoms with Crippen molar-refractivity contribution in [3.63, 3.8) is 0 Å². The summed E-state index contributed by atoms with van der Waals surface area (Å²) in [5.74, 6) is 0.0412. The van der Waals surface area contributed by atoms with Crippen LogP contribution < -0.4 is 10.6 Å². The third-order valence-electron chi connectivity index (χ3n) is 3.11. The number of methoxy groups -OCH3 is 1. The Hall–Kier alpha value is -1.57. The average Bonchev–Trinajstić information content (AvgIpc) is 2.49. The summed E-state index contributed by atoms with van der Waals surface area (Å²) in [6.45, 7) is 0. The lowest BCUT2D eigenvalue weighted by atomic mass is 10.2. The van der Waals surface area contributed by atoms with Gasteiger partial charge in [0.2, 0.25) is 11.8 Å². The summed E-state index contributed by atoms with van der Waals surface area (Å²) >= 11 is 1.35. The van der Waals surface area contributed by atoms with Gasteiger partial charge in [0.1, 0.15) is 0 Å². The molecule has 0 spiro atoms. The summed E-state index contributed by atoms with van der Waals surface area (Å²) in [5, 5.41) is 14.5. The Kier molecular flexibility index (Phi) is 5.60. The smallest absolute Gasteiger partial charge is 0.234 e. The van der Waals surface area contributed by atoms with E-state index in [1.54, 1.807) is 12.1 Å². The summed E-state index contributed by atoms with van der Waals surface area (Å²) in [4.78, 5) is 23.9. The monoisotopic (exact) mass is 310 g/mol.